The van der Waals surface area contributed by atoms with E-state index in [9.17, 15) is 39.9 Å². The lowest BCUT2D eigenvalue weighted by Gasteiger charge is -2.42. The van der Waals surface area contributed by atoms with Gasteiger partial charge >= 0.3 is 18.4 Å². The van der Waals surface area contributed by atoms with Crippen LogP contribution in [-0.4, -0.2) is 48.7 Å². The number of nitrogens with zero attached hydrogens (tertiary/aromatic N) is 2. The van der Waals surface area contributed by atoms with Gasteiger partial charge in [0, 0.05) is 32.7 Å². The number of halogens is 9. The second-order valence-electron chi connectivity index (χ2n) is 9.13. The third-order valence-electron chi connectivity index (χ3n) is 6.36. The number of likely N-dealkylation sites (tertiary alicyclic amines) is 1. The number of carbonyl (C=O) groups excluding carboxylic acids is 1. The number of benzene rings is 2. The van der Waals surface area contributed by atoms with Gasteiger partial charge < -0.3 is 15.1 Å². The summed E-state index contributed by atoms with van der Waals surface area (Å²) in [6, 6.07) is 4.00. The summed E-state index contributed by atoms with van der Waals surface area (Å²) in [5, 5.41) is 3.06. The topological polar surface area (TPSA) is 35.6 Å². The summed E-state index contributed by atoms with van der Waals surface area (Å²) in [7, 11) is 1.29. The van der Waals surface area contributed by atoms with Crippen molar-refractivity contribution in [1.82, 2.24) is 15.1 Å². The van der Waals surface area contributed by atoms with Gasteiger partial charge in [0.15, 0.2) is 0 Å². The minimum Gasteiger partial charge on any atom is -0.323 e. The highest BCUT2D eigenvalue weighted by Gasteiger charge is 2.38. The Kier molecular flexibility index (Phi) is 10.4. The minimum atomic E-state index is -5.00. The van der Waals surface area contributed by atoms with E-state index in [1.165, 1.54) is 30.1 Å². The van der Waals surface area contributed by atoms with Gasteiger partial charge in [0.25, 0.3) is 0 Å². The highest BCUT2D eigenvalue weighted by Crippen LogP contribution is 2.37. The van der Waals surface area contributed by atoms with Crippen molar-refractivity contribution < 1.29 is 39.9 Å². The number of hydrogen-bond donors (Lipinski definition) is 1. The second-order valence-corrected chi connectivity index (χ2v) is 9.13. The molecule has 0 aromatic heterocycles. The van der Waals surface area contributed by atoms with Gasteiger partial charge in [0.1, 0.15) is 12.5 Å². The van der Waals surface area contributed by atoms with Crippen LogP contribution >= 0.6 is 12.4 Å². The van der Waals surface area contributed by atoms with Crippen molar-refractivity contribution in [2.75, 3.05) is 26.8 Å². The van der Waals surface area contributed by atoms with Crippen LogP contribution in [0.3, 0.4) is 0 Å². The lowest BCUT2D eigenvalue weighted by Crippen LogP contribution is -2.50. The highest BCUT2D eigenvalue weighted by atomic mass is 35.5. The second kappa shape index (κ2) is 12.5. The van der Waals surface area contributed by atoms with Crippen LogP contribution in [0, 0.1) is 12.7 Å². The van der Waals surface area contributed by atoms with Crippen molar-refractivity contribution in [2.45, 2.75) is 50.7 Å². The van der Waals surface area contributed by atoms with Gasteiger partial charge in [-0.3, -0.25) is 0 Å². The van der Waals surface area contributed by atoms with Crippen LogP contribution in [0.4, 0.5) is 39.9 Å². The Morgan fingerprint density at radius 1 is 1.05 bits per heavy atom. The molecule has 1 aliphatic rings. The fourth-order valence-corrected chi connectivity index (χ4v) is 4.62. The summed E-state index contributed by atoms with van der Waals surface area (Å²) in [5.74, 6) is -0.468. The molecule has 0 saturated carbocycles. The van der Waals surface area contributed by atoms with E-state index in [-0.39, 0.29) is 43.2 Å². The third-order valence-corrected chi connectivity index (χ3v) is 6.36. The lowest BCUT2D eigenvalue weighted by molar-refractivity contribution is -0.143. The summed E-state index contributed by atoms with van der Waals surface area (Å²) >= 11 is 0. The van der Waals surface area contributed by atoms with E-state index in [1.807, 2.05) is 0 Å². The first kappa shape index (κ1) is 31.6. The van der Waals surface area contributed by atoms with E-state index in [1.54, 1.807) is 6.92 Å². The molecule has 1 heterocycles. The minimum absolute atomic E-state index is 0. The van der Waals surface area contributed by atoms with Crippen LogP contribution in [0.25, 0.3) is 0 Å². The third kappa shape index (κ3) is 7.72. The van der Waals surface area contributed by atoms with E-state index in [0.717, 1.165) is 4.90 Å². The first-order valence-electron chi connectivity index (χ1n) is 11.6. The summed E-state index contributed by atoms with van der Waals surface area (Å²) < 4.78 is 106. The quantitative estimate of drug-likeness (QED) is 0.381. The van der Waals surface area contributed by atoms with E-state index < -0.39 is 54.6 Å². The Hall–Kier alpha value is -2.60. The van der Waals surface area contributed by atoms with E-state index >= 15 is 0 Å². The Bertz CT molecular complexity index is 1080. The van der Waals surface area contributed by atoms with Gasteiger partial charge in [-0.05, 0) is 66.8 Å². The van der Waals surface area contributed by atoms with Crippen LogP contribution in [0.2, 0.25) is 0 Å². The number of alkyl halides is 7. The van der Waals surface area contributed by atoms with Crippen molar-refractivity contribution >= 4 is 18.4 Å². The Morgan fingerprint density at radius 3 is 2.18 bits per heavy atom. The standard InChI is InChI=1S/C25H27F8N3O.ClH/c1-15-9-19(27)3-4-21(15)22-13-20(34-7-6-26)5-8-36(22)23(37)35(2)14-16-10-17(24(28,29)30)12-18(11-16)25(31,32)33;/h3-4,9-12,20,22,34H,5-8,13-14H2,1-2H3;1H/t20-,22+;/m0./s1. The fraction of sp³-hybridized carbons (Fsp3) is 0.480. The van der Waals surface area contributed by atoms with Gasteiger partial charge in [-0.25, -0.2) is 13.6 Å². The molecule has 212 valence electrons. The van der Waals surface area contributed by atoms with Crippen molar-refractivity contribution in [3.8, 4) is 0 Å². The monoisotopic (exact) mass is 573 g/mol. The van der Waals surface area contributed by atoms with Crippen molar-refractivity contribution in [1.29, 1.82) is 0 Å². The summed E-state index contributed by atoms with van der Waals surface area (Å²) in [4.78, 5) is 15.9. The predicted octanol–water partition coefficient (Wildman–Crippen LogP) is 6.91. The van der Waals surface area contributed by atoms with Gasteiger partial charge in [-0.15, -0.1) is 12.4 Å². The van der Waals surface area contributed by atoms with Crippen LogP contribution < -0.4 is 5.32 Å². The number of hydrogen-bond acceptors (Lipinski definition) is 2. The number of aryl methyl sites for hydroxylation is 1. The molecule has 1 saturated heterocycles. The van der Waals surface area contributed by atoms with Crippen LogP contribution in [0.15, 0.2) is 36.4 Å². The van der Waals surface area contributed by atoms with E-state index in [4.69, 9.17) is 0 Å². The molecule has 13 heteroatoms. The predicted molar refractivity (Wildman–Crippen MR) is 128 cm³/mol. The molecule has 1 fully saturated rings. The average Bonchev–Trinajstić information content (AvgIpc) is 2.81. The zero-order chi connectivity index (χ0) is 27.5. The number of carbonyl (C=O) groups is 1. The maximum Gasteiger partial charge on any atom is 0.416 e. The van der Waals surface area contributed by atoms with Gasteiger partial charge in [-0.2, -0.15) is 26.3 Å². The highest BCUT2D eigenvalue weighted by molar-refractivity contribution is 5.85. The first-order chi connectivity index (χ1) is 17.2. The normalized spacial score (nSPS) is 18.2. The van der Waals surface area contributed by atoms with Crippen LogP contribution in [-0.2, 0) is 18.9 Å². The molecule has 1 aliphatic heterocycles. The maximum atomic E-state index is 13.7. The Labute approximate surface area is 221 Å². The molecular formula is C25H28ClF8N3O. The van der Waals surface area contributed by atoms with Crippen molar-refractivity contribution in [2.24, 2.45) is 0 Å². The molecule has 4 nitrogen and oxygen atoms in total. The van der Waals surface area contributed by atoms with Gasteiger partial charge in [-0.1, -0.05) is 6.07 Å². The molecule has 2 aromatic rings. The summed E-state index contributed by atoms with van der Waals surface area (Å²) in [5.41, 5.74) is -2.03. The van der Waals surface area contributed by atoms with Crippen molar-refractivity contribution in [3.63, 3.8) is 0 Å². The Morgan fingerprint density at radius 2 is 1.66 bits per heavy atom. The summed E-state index contributed by atoms with van der Waals surface area (Å²) in [6.07, 6.45) is -9.18. The molecule has 0 spiro atoms. The molecule has 2 atom stereocenters. The number of rotatable bonds is 6. The molecule has 0 unspecified atom stereocenters. The largest absolute Gasteiger partial charge is 0.416 e. The molecule has 38 heavy (non-hydrogen) atoms. The van der Waals surface area contributed by atoms with Crippen LogP contribution in [0.1, 0.15) is 46.7 Å². The molecule has 0 bridgehead atoms. The molecule has 0 aliphatic carbocycles. The summed E-state index contributed by atoms with van der Waals surface area (Å²) in [6.45, 7) is 0.903. The van der Waals surface area contributed by atoms with Crippen molar-refractivity contribution in [3.05, 3.63) is 70.0 Å². The maximum absolute atomic E-state index is 13.7. The van der Waals surface area contributed by atoms with Crippen LogP contribution in [0.5, 0.6) is 0 Å². The zero-order valence-electron chi connectivity index (χ0n) is 20.6. The number of amides is 2. The average molecular weight is 574 g/mol. The number of nitrogens with one attached hydrogen (secondary N) is 1. The molecule has 3 rings (SSSR count). The van der Waals surface area contributed by atoms with Gasteiger partial charge in [0.2, 0.25) is 0 Å². The molecule has 0 radical (unpaired) electrons. The number of piperidine rings is 1. The Balaban J connectivity index is 0.00000507. The molecule has 2 amide bonds. The lowest BCUT2D eigenvalue weighted by atomic mass is 9.89. The smallest absolute Gasteiger partial charge is 0.323 e. The van der Waals surface area contributed by atoms with Gasteiger partial charge in [0.05, 0.1) is 17.2 Å². The first-order valence-corrected chi connectivity index (χ1v) is 11.6. The molecular weight excluding hydrogens is 546 g/mol. The molecule has 2 aromatic carbocycles. The number of urea groups is 1. The van der Waals surface area contributed by atoms with E-state index in [2.05, 4.69) is 5.32 Å². The zero-order valence-corrected chi connectivity index (χ0v) is 21.4. The SMILES string of the molecule is Cc1cc(F)ccc1[C@H]1C[C@@H](NCCF)CCN1C(=O)N(C)Cc1cc(C(F)(F)F)cc(C(F)(F)F)c1.Cl. The fourth-order valence-electron chi connectivity index (χ4n) is 4.62. The molecule has 1 N–H and O–H groups in total. The van der Waals surface area contributed by atoms with E-state index in [0.29, 0.717) is 36.1 Å².